The van der Waals surface area contributed by atoms with Crippen LogP contribution in [-0.2, 0) is 6.18 Å². The molecule has 0 unspecified atom stereocenters. The van der Waals surface area contributed by atoms with Gasteiger partial charge < -0.3 is 20.5 Å². The maximum atomic E-state index is 12.8. The minimum absolute atomic E-state index is 0.169. The van der Waals surface area contributed by atoms with E-state index >= 15 is 0 Å². The molecule has 1 saturated heterocycles. The molecule has 0 aliphatic carbocycles. The number of aromatic nitrogens is 2. The molecule has 0 saturated carbocycles. The van der Waals surface area contributed by atoms with Crippen LogP contribution in [0.3, 0.4) is 0 Å². The molecule has 146 valence electrons. The van der Waals surface area contributed by atoms with Gasteiger partial charge >= 0.3 is 6.18 Å². The summed E-state index contributed by atoms with van der Waals surface area (Å²) in [6, 6.07) is 8.43. The van der Waals surface area contributed by atoms with E-state index in [0.717, 1.165) is 44.0 Å². The van der Waals surface area contributed by atoms with Gasteiger partial charge in [-0.1, -0.05) is 6.07 Å². The zero-order valence-electron chi connectivity index (χ0n) is 14.8. The second kappa shape index (κ2) is 7.16. The fraction of sp³-hybridized carbons (Fsp3) is 0.263. The molecule has 0 spiro atoms. The number of carbonyl (C=O) groups is 1. The molecule has 4 rings (SSSR count). The van der Waals surface area contributed by atoms with E-state index in [1.54, 1.807) is 12.3 Å². The topological polar surface area (TPSA) is 73.1 Å². The molecule has 9 heteroatoms. The van der Waals surface area contributed by atoms with Crippen LogP contribution in [-0.4, -0.2) is 42.1 Å². The van der Waals surface area contributed by atoms with Crippen molar-refractivity contribution in [2.45, 2.75) is 6.18 Å². The van der Waals surface area contributed by atoms with E-state index in [0.29, 0.717) is 11.2 Å². The maximum absolute atomic E-state index is 12.8. The molecule has 1 amide bonds. The normalized spacial score (nSPS) is 15.0. The number of hydrogen-bond acceptors (Lipinski definition) is 4. The Morgan fingerprint density at radius 1 is 1.11 bits per heavy atom. The van der Waals surface area contributed by atoms with Crippen molar-refractivity contribution in [2.24, 2.45) is 0 Å². The number of pyridine rings is 1. The Bertz CT molecular complexity index is 991. The molecule has 2 aromatic heterocycles. The molecule has 6 nitrogen and oxygen atoms in total. The van der Waals surface area contributed by atoms with Crippen LogP contribution in [0, 0.1) is 0 Å². The first-order valence-corrected chi connectivity index (χ1v) is 8.83. The number of fused-ring (bicyclic) bond motifs is 1. The largest absolute Gasteiger partial charge is 0.416 e. The molecular formula is C19H18F3N5O. The summed E-state index contributed by atoms with van der Waals surface area (Å²) in [7, 11) is 0. The first-order chi connectivity index (χ1) is 13.4. The van der Waals surface area contributed by atoms with Gasteiger partial charge in [0.1, 0.15) is 11.5 Å². The molecule has 3 aromatic rings. The van der Waals surface area contributed by atoms with E-state index in [-0.39, 0.29) is 11.2 Å². The van der Waals surface area contributed by atoms with E-state index in [1.165, 1.54) is 12.1 Å². The standard InChI is InChI=1S/C19H18F3N5O/c20-19(21,22)13-2-1-12-9-16(25-15(12)10-13)18(28)26-17-4-3-14(11-24-17)27-7-5-23-6-8-27/h1-4,9-11,23,25H,5-8H2,(H,24,26,28). The van der Waals surface area contributed by atoms with Gasteiger partial charge in [0.25, 0.3) is 5.91 Å². The van der Waals surface area contributed by atoms with Crippen LogP contribution < -0.4 is 15.5 Å². The van der Waals surface area contributed by atoms with Gasteiger partial charge in [-0.15, -0.1) is 0 Å². The third-order valence-corrected chi connectivity index (χ3v) is 4.67. The smallest absolute Gasteiger partial charge is 0.368 e. The second-order valence-corrected chi connectivity index (χ2v) is 6.58. The lowest BCUT2D eigenvalue weighted by molar-refractivity contribution is -0.137. The third kappa shape index (κ3) is 3.79. The number of hydrogen-bond donors (Lipinski definition) is 3. The predicted molar refractivity (Wildman–Crippen MR) is 101 cm³/mol. The molecule has 0 atom stereocenters. The van der Waals surface area contributed by atoms with Crippen molar-refractivity contribution in [3.8, 4) is 0 Å². The number of alkyl halides is 3. The van der Waals surface area contributed by atoms with Gasteiger partial charge in [-0.25, -0.2) is 4.98 Å². The highest BCUT2D eigenvalue weighted by atomic mass is 19.4. The van der Waals surface area contributed by atoms with Crippen molar-refractivity contribution in [3.63, 3.8) is 0 Å². The van der Waals surface area contributed by atoms with Gasteiger partial charge in [-0.3, -0.25) is 4.79 Å². The zero-order chi connectivity index (χ0) is 19.7. The molecule has 1 aromatic carbocycles. The number of amides is 1. The quantitative estimate of drug-likeness (QED) is 0.643. The molecule has 1 aliphatic heterocycles. The summed E-state index contributed by atoms with van der Waals surface area (Å²) in [6.07, 6.45) is -2.74. The average molecular weight is 389 g/mol. The van der Waals surface area contributed by atoms with E-state index in [1.807, 2.05) is 6.07 Å². The Balaban J connectivity index is 1.48. The minimum Gasteiger partial charge on any atom is -0.368 e. The summed E-state index contributed by atoms with van der Waals surface area (Å²) in [6.45, 7) is 3.61. The lowest BCUT2D eigenvalue weighted by Gasteiger charge is -2.29. The first-order valence-electron chi connectivity index (χ1n) is 8.83. The van der Waals surface area contributed by atoms with Crippen LogP contribution in [0.25, 0.3) is 10.9 Å². The number of benzene rings is 1. The fourth-order valence-electron chi connectivity index (χ4n) is 3.18. The Morgan fingerprint density at radius 3 is 2.57 bits per heavy atom. The Kier molecular flexibility index (Phi) is 4.68. The zero-order valence-corrected chi connectivity index (χ0v) is 14.8. The van der Waals surface area contributed by atoms with Gasteiger partial charge in [0, 0.05) is 37.1 Å². The Morgan fingerprint density at radius 2 is 1.89 bits per heavy atom. The van der Waals surface area contributed by atoms with Crippen molar-refractivity contribution in [3.05, 3.63) is 53.9 Å². The van der Waals surface area contributed by atoms with Crippen LogP contribution in [0.2, 0.25) is 0 Å². The molecule has 0 bridgehead atoms. The number of H-pyrrole nitrogens is 1. The number of piperazine rings is 1. The van der Waals surface area contributed by atoms with Crippen LogP contribution >= 0.6 is 0 Å². The summed E-state index contributed by atoms with van der Waals surface area (Å²) < 4.78 is 38.5. The molecular weight excluding hydrogens is 371 g/mol. The number of carbonyl (C=O) groups excluding carboxylic acids is 1. The number of aromatic amines is 1. The first kappa shape index (κ1) is 18.3. The highest BCUT2D eigenvalue weighted by Crippen LogP contribution is 2.31. The Hall–Kier alpha value is -3.07. The highest BCUT2D eigenvalue weighted by molar-refractivity contribution is 6.05. The average Bonchev–Trinajstić information content (AvgIpc) is 3.12. The van der Waals surface area contributed by atoms with Gasteiger partial charge in [0.2, 0.25) is 0 Å². The third-order valence-electron chi connectivity index (χ3n) is 4.67. The van der Waals surface area contributed by atoms with Gasteiger partial charge in [0.15, 0.2) is 0 Å². The molecule has 28 heavy (non-hydrogen) atoms. The van der Waals surface area contributed by atoms with Crippen molar-refractivity contribution >= 4 is 28.3 Å². The van der Waals surface area contributed by atoms with Crippen molar-refractivity contribution in [1.29, 1.82) is 0 Å². The van der Waals surface area contributed by atoms with Gasteiger partial charge in [-0.2, -0.15) is 13.2 Å². The summed E-state index contributed by atoms with van der Waals surface area (Å²) in [5.74, 6) is -0.0919. The summed E-state index contributed by atoms with van der Waals surface area (Å²) >= 11 is 0. The summed E-state index contributed by atoms with van der Waals surface area (Å²) in [4.78, 5) is 21.6. The van der Waals surface area contributed by atoms with Crippen LogP contribution in [0.1, 0.15) is 16.1 Å². The number of halogens is 3. The van der Waals surface area contributed by atoms with E-state index in [4.69, 9.17) is 0 Å². The van der Waals surface area contributed by atoms with Crippen LogP contribution in [0.4, 0.5) is 24.7 Å². The van der Waals surface area contributed by atoms with Crippen molar-refractivity contribution < 1.29 is 18.0 Å². The van der Waals surface area contributed by atoms with E-state index < -0.39 is 17.6 Å². The predicted octanol–water partition coefficient (Wildman–Crippen LogP) is 3.24. The lowest BCUT2D eigenvalue weighted by Crippen LogP contribution is -2.43. The number of anilines is 2. The highest BCUT2D eigenvalue weighted by Gasteiger charge is 2.30. The minimum atomic E-state index is -4.43. The van der Waals surface area contributed by atoms with E-state index in [9.17, 15) is 18.0 Å². The number of rotatable bonds is 3. The van der Waals surface area contributed by atoms with Gasteiger partial charge in [0.05, 0.1) is 17.4 Å². The summed E-state index contributed by atoms with van der Waals surface area (Å²) in [5, 5.41) is 6.47. The van der Waals surface area contributed by atoms with Crippen LogP contribution in [0.15, 0.2) is 42.6 Å². The lowest BCUT2D eigenvalue weighted by atomic mass is 10.1. The molecule has 3 heterocycles. The molecule has 1 fully saturated rings. The summed E-state index contributed by atoms with van der Waals surface area (Å²) in [5.41, 5.74) is 0.632. The number of nitrogens with one attached hydrogen (secondary N) is 3. The fourth-order valence-corrected chi connectivity index (χ4v) is 3.18. The molecule has 3 N–H and O–H groups in total. The second-order valence-electron chi connectivity index (χ2n) is 6.58. The van der Waals surface area contributed by atoms with Crippen molar-refractivity contribution in [2.75, 3.05) is 36.4 Å². The Labute approximate surface area is 158 Å². The SMILES string of the molecule is O=C(Nc1ccc(N2CCNCC2)cn1)c1cc2ccc(C(F)(F)F)cc2[nH]1. The van der Waals surface area contributed by atoms with E-state index in [2.05, 4.69) is 25.5 Å². The van der Waals surface area contributed by atoms with Gasteiger partial charge in [-0.05, 0) is 30.3 Å². The molecule has 1 aliphatic rings. The maximum Gasteiger partial charge on any atom is 0.416 e. The van der Waals surface area contributed by atoms with Crippen LogP contribution in [0.5, 0.6) is 0 Å². The number of nitrogens with zero attached hydrogens (tertiary/aromatic N) is 2. The monoisotopic (exact) mass is 389 g/mol. The molecule has 0 radical (unpaired) electrons. The van der Waals surface area contributed by atoms with Crippen molar-refractivity contribution in [1.82, 2.24) is 15.3 Å².